The highest BCUT2D eigenvalue weighted by atomic mass is 16.2. The molecule has 1 aliphatic heterocycles. The van der Waals surface area contributed by atoms with Gasteiger partial charge in [-0.25, -0.2) is 0 Å². The molecule has 0 saturated carbocycles. The van der Waals surface area contributed by atoms with Gasteiger partial charge in [0.05, 0.1) is 12.1 Å². The number of amides is 2. The van der Waals surface area contributed by atoms with Crippen molar-refractivity contribution in [3.8, 4) is 0 Å². The van der Waals surface area contributed by atoms with E-state index in [0.29, 0.717) is 38.4 Å². The fourth-order valence-corrected chi connectivity index (χ4v) is 5.95. The number of aryl methyl sites for hydroxylation is 2. The lowest BCUT2D eigenvalue weighted by Crippen LogP contribution is -2.65. The number of benzene rings is 2. The summed E-state index contributed by atoms with van der Waals surface area (Å²) in [6, 6.07) is 19.0. The van der Waals surface area contributed by atoms with Crippen LogP contribution in [0.4, 0.5) is 0 Å². The molecule has 232 valence electrons. The van der Waals surface area contributed by atoms with Crippen molar-refractivity contribution >= 4 is 11.8 Å². The number of nitrogens with one attached hydrogen (secondary N) is 1. The van der Waals surface area contributed by atoms with Crippen molar-refractivity contribution in [2.45, 2.75) is 89.4 Å². The van der Waals surface area contributed by atoms with Gasteiger partial charge in [0.2, 0.25) is 11.8 Å². The fraction of sp³-hybridized carbons (Fsp3) is 0.588. The monoisotopic (exact) mass is 578 g/mol. The molecule has 8 heteroatoms. The number of piperazine rings is 1. The molecule has 7 N–H and O–H groups in total. The molecule has 0 spiro atoms. The zero-order valence-corrected chi connectivity index (χ0v) is 25.8. The van der Waals surface area contributed by atoms with E-state index >= 15 is 0 Å². The SMILES string of the molecule is CC(C)C[C@@H]1CN(C(=O)C(N)CCc2ccccc2)[C@@H](CCCCNCCN)CN1C(=O)C(N)CCc1ccccc1. The molecule has 3 rings (SSSR count). The molecule has 0 radical (unpaired) electrons. The van der Waals surface area contributed by atoms with Gasteiger partial charge in [0.15, 0.2) is 0 Å². The Kier molecular flexibility index (Phi) is 14.5. The number of carbonyl (C=O) groups is 2. The number of rotatable bonds is 17. The molecule has 42 heavy (non-hydrogen) atoms. The van der Waals surface area contributed by atoms with Gasteiger partial charge in [0, 0.05) is 38.3 Å². The zero-order chi connectivity index (χ0) is 30.3. The summed E-state index contributed by atoms with van der Waals surface area (Å²) < 4.78 is 0. The Bertz CT molecular complexity index is 1050. The quantitative estimate of drug-likeness (QED) is 0.214. The van der Waals surface area contributed by atoms with Gasteiger partial charge in [0.1, 0.15) is 0 Å². The van der Waals surface area contributed by atoms with Crippen LogP contribution in [-0.4, -0.2) is 78.5 Å². The number of nitrogens with zero attached hydrogens (tertiary/aromatic N) is 2. The van der Waals surface area contributed by atoms with E-state index in [-0.39, 0.29) is 23.9 Å². The lowest BCUT2D eigenvalue weighted by Gasteiger charge is -2.48. The highest BCUT2D eigenvalue weighted by Crippen LogP contribution is 2.26. The summed E-state index contributed by atoms with van der Waals surface area (Å²) >= 11 is 0. The first-order valence-electron chi connectivity index (χ1n) is 15.9. The Morgan fingerprint density at radius 3 is 1.79 bits per heavy atom. The number of carbonyl (C=O) groups excluding carboxylic acids is 2. The average Bonchev–Trinajstić information content (AvgIpc) is 3.00. The van der Waals surface area contributed by atoms with Crippen LogP contribution in [0.2, 0.25) is 0 Å². The third kappa shape index (κ3) is 10.8. The van der Waals surface area contributed by atoms with Crippen molar-refractivity contribution in [3.05, 3.63) is 71.8 Å². The lowest BCUT2D eigenvalue weighted by molar-refractivity contribution is -0.149. The zero-order valence-electron chi connectivity index (χ0n) is 25.8. The van der Waals surface area contributed by atoms with Gasteiger partial charge in [-0.3, -0.25) is 9.59 Å². The van der Waals surface area contributed by atoms with Crippen molar-refractivity contribution < 1.29 is 9.59 Å². The molecule has 2 aromatic rings. The molecular formula is C34H54N6O2. The molecule has 1 saturated heterocycles. The van der Waals surface area contributed by atoms with Crippen molar-refractivity contribution in [1.29, 1.82) is 0 Å². The van der Waals surface area contributed by atoms with E-state index in [1.807, 2.05) is 46.2 Å². The van der Waals surface area contributed by atoms with E-state index in [1.165, 1.54) is 11.1 Å². The minimum atomic E-state index is -0.575. The second kappa shape index (κ2) is 18.0. The molecule has 4 atom stereocenters. The van der Waals surface area contributed by atoms with E-state index < -0.39 is 12.1 Å². The standard InChI is InChI=1S/C34H54N6O2/c1-26(2)23-30-25-39(33(41)31(36)18-16-27-11-5-3-6-12-27)29(15-9-10-21-38-22-20-35)24-40(30)34(42)32(37)19-17-28-13-7-4-8-14-28/h3-8,11-14,26,29-32,38H,9-10,15-25,35-37H2,1-2H3/t29-,30+,31?,32?/m0/s1. The Labute approximate surface area is 253 Å². The molecule has 0 aromatic heterocycles. The number of hydrogen-bond donors (Lipinski definition) is 4. The first kappa shape index (κ1) is 33.7. The van der Waals surface area contributed by atoms with Crippen LogP contribution in [0.25, 0.3) is 0 Å². The maximum atomic E-state index is 13.9. The summed E-state index contributed by atoms with van der Waals surface area (Å²) in [5, 5.41) is 3.35. The summed E-state index contributed by atoms with van der Waals surface area (Å²) in [5.74, 6) is 0.359. The maximum absolute atomic E-state index is 13.9. The van der Waals surface area contributed by atoms with E-state index in [0.717, 1.165) is 51.6 Å². The van der Waals surface area contributed by atoms with Gasteiger partial charge >= 0.3 is 0 Å². The largest absolute Gasteiger partial charge is 0.335 e. The van der Waals surface area contributed by atoms with Crippen molar-refractivity contribution in [1.82, 2.24) is 15.1 Å². The predicted molar refractivity (Wildman–Crippen MR) is 172 cm³/mol. The Morgan fingerprint density at radius 1 is 0.786 bits per heavy atom. The summed E-state index contributed by atoms with van der Waals surface area (Å²) in [6.45, 7) is 7.63. The smallest absolute Gasteiger partial charge is 0.239 e. The molecular weight excluding hydrogens is 524 g/mol. The number of nitrogens with two attached hydrogens (primary N) is 3. The summed E-state index contributed by atoms with van der Waals surface area (Å²) in [5.41, 5.74) is 21.0. The van der Waals surface area contributed by atoms with Gasteiger partial charge in [-0.05, 0) is 68.5 Å². The Hall–Kier alpha value is -2.78. The van der Waals surface area contributed by atoms with Gasteiger partial charge < -0.3 is 32.3 Å². The van der Waals surface area contributed by atoms with Crippen LogP contribution in [0.1, 0.15) is 63.5 Å². The van der Waals surface area contributed by atoms with Crippen molar-refractivity contribution in [3.63, 3.8) is 0 Å². The minimum Gasteiger partial charge on any atom is -0.335 e. The first-order chi connectivity index (χ1) is 20.3. The van der Waals surface area contributed by atoms with Crippen molar-refractivity contribution in [2.24, 2.45) is 23.1 Å². The minimum absolute atomic E-state index is 0.00771. The van der Waals surface area contributed by atoms with Gasteiger partial charge in [-0.2, -0.15) is 0 Å². The molecule has 8 nitrogen and oxygen atoms in total. The van der Waals surface area contributed by atoms with E-state index in [4.69, 9.17) is 17.2 Å². The van der Waals surface area contributed by atoms with Gasteiger partial charge in [-0.15, -0.1) is 0 Å². The third-order valence-corrected chi connectivity index (χ3v) is 8.28. The Balaban J connectivity index is 1.72. The summed E-state index contributed by atoms with van der Waals surface area (Å²) in [4.78, 5) is 31.7. The van der Waals surface area contributed by atoms with Crippen LogP contribution >= 0.6 is 0 Å². The van der Waals surface area contributed by atoms with Gasteiger partial charge in [-0.1, -0.05) is 80.9 Å². The molecule has 1 fully saturated rings. The van der Waals surface area contributed by atoms with Crippen LogP contribution < -0.4 is 22.5 Å². The van der Waals surface area contributed by atoms with Crippen LogP contribution in [0.3, 0.4) is 0 Å². The van der Waals surface area contributed by atoms with Crippen LogP contribution in [0.15, 0.2) is 60.7 Å². The fourth-order valence-electron chi connectivity index (χ4n) is 5.95. The van der Waals surface area contributed by atoms with Crippen molar-refractivity contribution in [2.75, 3.05) is 32.7 Å². The first-order valence-corrected chi connectivity index (χ1v) is 15.9. The topological polar surface area (TPSA) is 131 Å². The molecule has 0 aliphatic carbocycles. The second-order valence-electron chi connectivity index (χ2n) is 12.2. The highest BCUT2D eigenvalue weighted by Gasteiger charge is 2.40. The molecule has 2 aromatic carbocycles. The second-order valence-corrected chi connectivity index (χ2v) is 12.2. The maximum Gasteiger partial charge on any atom is 0.239 e. The Morgan fingerprint density at radius 2 is 1.29 bits per heavy atom. The van der Waals surface area contributed by atoms with Gasteiger partial charge in [0.25, 0.3) is 0 Å². The third-order valence-electron chi connectivity index (χ3n) is 8.28. The average molecular weight is 579 g/mol. The summed E-state index contributed by atoms with van der Waals surface area (Å²) in [7, 11) is 0. The van der Waals surface area contributed by atoms with Crippen LogP contribution in [0, 0.1) is 5.92 Å². The van der Waals surface area contributed by atoms with E-state index in [9.17, 15) is 9.59 Å². The van der Waals surface area contributed by atoms with Crippen LogP contribution in [-0.2, 0) is 22.4 Å². The highest BCUT2D eigenvalue weighted by molar-refractivity contribution is 5.84. The molecule has 2 amide bonds. The van der Waals surface area contributed by atoms with E-state index in [1.54, 1.807) is 0 Å². The number of hydrogen-bond acceptors (Lipinski definition) is 6. The van der Waals surface area contributed by atoms with Crippen LogP contribution in [0.5, 0.6) is 0 Å². The molecule has 0 bridgehead atoms. The molecule has 1 heterocycles. The molecule has 1 aliphatic rings. The number of unbranched alkanes of at least 4 members (excludes halogenated alkanes) is 1. The predicted octanol–water partition coefficient (Wildman–Crippen LogP) is 3.08. The normalized spacial score (nSPS) is 18.7. The lowest BCUT2D eigenvalue weighted by atomic mass is 9.93. The van der Waals surface area contributed by atoms with E-state index in [2.05, 4.69) is 43.4 Å². The summed E-state index contributed by atoms with van der Waals surface area (Å²) in [6.07, 6.45) is 6.27. The molecule has 2 unspecified atom stereocenters.